The molecule has 0 aliphatic carbocycles. The first-order valence-corrected chi connectivity index (χ1v) is 16.0. The number of halogens is 6. The van der Waals surface area contributed by atoms with E-state index in [9.17, 15) is 30.9 Å². The first-order valence-electron chi connectivity index (χ1n) is 14.4. The highest BCUT2D eigenvalue weighted by molar-refractivity contribution is 7.46. The van der Waals surface area contributed by atoms with Crippen molar-refractivity contribution in [3.05, 3.63) is 77.0 Å². The van der Waals surface area contributed by atoms with E-state index < -0.39 is 36.7 Å². The third-order valence-electron chi connectivity index (χ3n) is 8.40. The van der Waals surface area contributed by atoms with Crippen molar-refractivity contribution < 1.29 is 49.7 Å². The molecule has 4 rings (SSSR count). The van der Waals surface area contributed by atoms with Crippen LogP contribution in [0.25, 0.3) is 11.1 Å². The smallest absolute Gasteiger partial charge is 0.372 e. The van der Waals surface area contributed by atoms with E-state index in [0.29, 0.717) is 42.2 Å². The molecule has 1 aliphatic rings. The summed E-state index contributed by atoms with van der Waals surface area (Å²) in [6.45, 7) is 7.21. The Hall–Kier alpha value is -3.16. The molecule has 0 unspecified atom stereocenters. The van der Waals surface area contributed by atoms with Crippen molar-refractivity contribution in [2.24, 2.45) is 0 Å². The number of benzene rings is 2. The Morgan fingerprint density at radius 3 is 2.00 bits per heavy atom. The van der Waals surface area contributed by atoms with Crippen molar-refractivity contribution in [3.8, 4) is 11.1 Å². The average Bonchev–Trinajstić information content (AvgIpc) is 2.95. The molecule has 2 N–H and O–H groups in total. The third-order valence-corrected chi connectivity index (χ3v) is 8.85. The van der Waals surface area contributed by atoms with Crippen molar-refractivity contribution in [2.75, 3.05) is 63.3 Å². The van der Waals surface area contributed by atoms with Crippen LogP contribution in [0.4, 0.5) is 37.8 Å². The van der Waals surface area contributed by atoms with Crippen molar-refractivity contribution >= 4 is 19.3 Å². The van der Waals surface area contributed by atoms with Gasteiger partial charge in [-0.25, -0.2) is 14.1 Å². The fourth-order valence-electron chi connectivity index (χ4n) is 5.64. The quantitative estimate of drug-likeness (QED) is 0.146. The molecule has 0 spiro atoms. The number of aromatic nitrogens is 1. The molecule has 3 aromatic rings. The number of rotatable bonds is 9. The number of likely N-dealkylation sites (N-methyl/N-ethyl adjacent to an activating group) is 2. The number of phosphoric ester groups is 1. The molecule has 1 saturated heterocycles. The van der Waals surface area contributed by atoms with Gasteiger partial charge < -0.3 is 24.1 Å². The van der Waals surface area contributed by atoms with Gasteiger partial charge in [0.2, 0.25) is 0 Å². The van der Waals surface area contributed by atoms with E-state index in [4.69, 9.17) is 19.3 Å². The molecule has 1 fully saturated rings. The summed E-state index contributed by atoms with van der Waals surface area (Å²) in [6.07, 6.45) is -8.25. The Morgan fingerprint density at radius 2 is 1.48 bits per heavy atom. The predicted octanol–water partition coefficient (Wildman–Crippen LogP) is 6.84. The molecule has 46 heavy (non-hydrogen) atoms. The Morgan fingerprint density at radius 1 is 0.935 bits per heavy atom. The molecule has 0 amide bonds. The lowest BCUT2D eigenvalue weighted by Gasteiger charge is -2.42. The molecule has 252 valence electrons. The number of hydrogen-bond acceptors (Lipinski definition) is 5. The number of quaternary nitrogens is 1. The van der Waals surface area contributed by atoms with Gasteiger partial charge in [0, 0.05) is 24.6 Å². The molecule has 15 heteroatoms. The highest BCUT2D eigenvalue weighted by atomic mass is 31.2. The van der Waals surface area contributed by atoms with Crippen LogP contribution >= 0.6 is 7.82 Å². The summed E-state index contributed by atoms with van der Waals surface area (Å²) in [5, 5.41) is 0. The summed E-state index contributed by atoms with van der Waals surface area (Å²) >= 11 is 0. The van der Waals surface area contributed by atoms with E-state index in [2.05, 4.69) is 0 Å². The summed E-state index contributed by atoms with van der Waals surface area (Å²) in [6, 6.07) is 11.2. The molecular formula is C31H38F6N4O4P+. The maximum atomic E-state index is 13.6. The summed E-state index contributed by atoms with van der Waals surface area (Å²) in [5.41, 5.74) is -0.678. The number of phosphoric acid groups is 1. The fraction of sp³-hybridized carbons (Fsp3) is 0.452. The molecule has 0 saturated carbocycles. The molecule has 1 aliphatic heterocycles. The molecule has 2 heterocycles. The Balaban J connectivity index is 1.67. The zero-order valence-corrected chi connectivity index (χ0v) is 27.0. The molecule has 2 aromatic carbocycles. The van der Waals surface area contributed by atoms with Crippen LogP contribution < -0.4 is 9.80 Å². The fourth-order valence-corrected chi connectivity index (χ4v) is 6.07. The van der Waals surface area contributed by atoms with Crippen LogP contribution in [-0.4, -0.2) is 72.8 Å². The Labute approximate surface area is 264 Å². The van der Waals surface area contributed by atoms with Crippen LogP contribution in [-0.2, 0) is 26.9 Å². The van der Waals surface area contributed by atoms with Crippen LogP contribution in [0, 0.1) is 6.92 Å². The van der Waals surface area contributed by atoms with Gasteiger partial charge in [-0.3, -0.25) is 0 Å². The van der Waals surface area contributed by atoms with Crippen LogP contribution in [0.3, 0.4) is 0 Å². The topological polar surface area (TPSA) is 86.1 Å². The second-order valence-corrected chi connectivity index (χ2v) is 14.0. The van der Waals surface area contributed by atoms with Crippen molar-refractivity contribution in [3.63, 3.8) is 0 Å². The number of alkyl halides is 6. The maximum absolute atomic E-state index is 13.6. The van der Waals surface area contributed by atoms with Crippen LogP contribution in [0.5, 0.6) is 0 Å². The lowest BCUT2D eigenvalue weighted by Crippen LogP contribution is -2.58. The molecule has 1 aromatic heterocycles. The van der Waals surface area contributed by atoms with Crippen molar-refractivity contribution in [2.45, 2.75) is 38.5 Å². The number of hydrogen-bond donors (Lipinski definition) is 2. The highest BCUT2D eigenvalue weighted by Gasteiger charge is 2.39. The Kier molecular flexibility index (Phi) is 9.93. The first kappa shape index (κ1) is 35.7. The van der Waals surface area contributed by atoms with Gasteiger partial charge in [-0.1, -0.05) is 38.1 Å². The minimum atomic E-state index is -4.95. The van der Waals surface area contributed by atoms with Gasteiger partial charge in [-0.2, -0.15) is 26.3 Å². The van der Waals surface area contributed by atoms with Crippen LogP contribution in [0.15, 0.2) is 54.7 Å². The van der Waals surface area contributed by atoms with Gasteiger partial charge in [-0.05, 0) is 47.9 Å². The van der Waals surface area contributed by atoms with Gasteiger partial charge in [0.25, 0.3) is 0 Å². The second-order valence-electron chi connectivity index (χ2n) is 12.7. The maximum Gasteiger partial charge on any atom is 0.474 e. The Bertz CT molecular complexity index is 1570. The summed E-state index contributed by atoms with van der Waals surface area (Å²) in [7, 11) is -1.04. The number of aryl methyl sites for hydroxylation is 1. The number of piperazine rings is 1. The largest absolute Gasteiger partial charge is 0.474 e. The minimum absolute atomic E-state index is 0.0740. The highest BCUT2D eigenvalue weighted by Crippen LogP contribution is 2.41. The molecule has 0 bridgehead atoms. The second kappa shape index (κ2) is 12.8. The van der Waals surface area contributed by atoms with Gasteiger partial charge in [0.15, 0.2) is 6.73 Å². The SMILES string of the molecule is Cc1ccccc1-c1cc(N2CC[N+](C)(COP(=O)(O)O)CC2)ncc1N(C)CC(C)(C)c1cc(C(F)(F)F)cc(C(F)(F)F)c1. The van der Waals surface area contributed by atoms with Crippen LogP contribution in [0.2, 0.25) is 0 Å². The summed E-state index contributed by atoms with van der Waals surface area (Å²) in [4.78, 5) is 26.8. The van der Waals surface area contributed by atoms with Crippen molar-refractivity contribution in [1.29, 1.82) is 0 Å². The van der Waals surface area contributed by atoms with Gasteiger partial charge in [-0.15, -0.1) is 0 Å². The van der Waals surface area contributed by atoms with Crippen LogP contribution in [0.1, 0.15) is 36.1 Å². The molecule has 0 atom stereocenters. The van der Waals surface area contributed by atoms with E-state index in [1.54, 1.807) is 32.0 Å². The lowest BCUT2D eigenvalue weighted by molar-refractivity contribution is -0.925. The van der Waals surface area contributed by atoms with E-state index in [1.807, 2.05) is 49.2 Å². The lowest BCUT2D eigenvalue weighted by atomic mass is 9.82. The normalized spacial score (nSPS) is 16.1. The van der Waals surface area contributed by atoms with E-state index in [1.165, 1.54) is 0 Å². The molecule has 0 radical (unpaired) electrons. The van der Waals surface area contributed by atoms with Crippen molar-refractivity contribution in [1.82, 2.24) is 4.98 Å². The van der Waals surface area contributed by atoms with Gasteiger partial charge in [0.1, 0.15) is 5.82 Å². The zero-order valence-electron chi connectivity index (χ0n) is 26.2. The number of anilines is 2. The summed E-state index contributed by atoms with van der Waals surface area (Å²) < 4.78 is 98.0. The van der Waals surface area contributed by atoms with E-state index >= 15 is 0 Å². The number of pyridine rings is 1. The zero-order chi connectivity index (χ0) is 34.3. The standard InChI is InChI=1S/C31H37F6N4O4P/c1-21-8-6-7-9-25(21)26-17-28(40-10-12-41(5,13-11-40)20-45-46(42,43)44)38-18-27(26)39(4)19-29(2,3)22-14-23(30(32,33)34)16-24(15-22)31(35,36)37/h6-9,14-18H,10-13,19-20H2,1-5H3,(H-,42,43,44)/p+1. The van der Waals surface area contributed by atoms with Gasteiger partial charge >= 0.3 is 20.2 Å². The average molecular weight is 676 g/mol. The number of nitrogens with zero attached hydrogens (tertiary/aromatic N) is 4. The van der Waals surface area contributed by atoms with E-state index in [0.717, 1.165) is 28.8 Å². The first-order chi connectivity index (χ1) is 21.1. The summed E-state index contributed by atoms with van der Waals surface area (Å²) in [5.74, 6) is 0.657. The van der Waals surface area contributed by atoms with E-state index in [-0.39, 0.29) is 24.9 Å². The molecular weight excluding hydrogens is 637 g/mol. The van der Waals surface area contributed by atoms with Gasteiger partial charge in [0.05, 0.1) is 56.2 Å². The predicted molar refractivity (Wildman–Crippen MR) is 163 cm³/mol. The minimum Gasteiger partial charge on any atom is -0.372 e. The monoisotopic (exact) mass is 675 g/mol. The third kappa shape index (κ3) is 8.60. The molecule has 8 nitrogen and oxygen atoms in total.